The van der Waals surface area contributed by atoms with Crippen molar-refractivity contribution in [2.75, 3.05) is 5.32 Å². The Morgan fingerprint density at radius 2 is 1.76 bits per heavy atom. The molecule has 0 fully saturated rings. The molecule has 0 unspecified atom stereocenters. The summed E-state index contributed by atoms with van der Waals surface area (Å²) in [7, 11) is 0. The third kappa shape index (κ3) is 4.89. The lowest BCUT2D eigenvalue weighted by atomic mass is 10.2. The maximum atomic E-state index is 12.0. The summed E-state index contributed by atoms with van der Waals surface area (Å²) in [5.41, 5.74) is 3.15. The highest BCUT2D eigenvalue weighted by Gasteiger charge is 2.14. The van der Waals surface area contributed by atoms with Crippen molar-refractivity contribution in [2.24, 2.45) is 0 Å². The van der Waals surface area contributed by atoms with E-state index < -0.39 is 5.60 Å². The van der Waals surface area contributed by atoms with Gasteiger partial charge in [-0.25, -0.2) is 10.5 Å². The maximum absolute atomic E-state index is 12.0. The van der Waals surface area contributed by atoms with E-state index in [9.17, 15) is 4.79 Å². The number of hydrogen-bond acceptors (Lipinski definition) is 4. The number of amides is 1. The van der Waals surface area contributed by atoms with Crippen LogP contribution in [0.15, 0.2) is 48.5 Å². The molecule has 2 aromatic rings. The van der Waals surface area contributed by atoms with E-state index in [-0.39, 0.29) is 5.91 Å². The van der Waals surface area contributed by atoms with Crippen molar-refractivity contribution in [3.05, 3.63) is 54.2 Å². The van der Waals surface area contributed by atoms with Crippen LogP contribution in [-0.2, 0) is 4.84 Å². The molecule has 1 amide bonds. The summed E-state index contributed by atoms with van der Waals surface area (Å²) in [6.07, 6.45) is 0. The number of carbonyl (C=O) groups is 1. The Hall–Kier alpha value is -2.40. The molecule has 0 bridgehead atoms. The zero-order chi connectivity index (χ0) is 15.3. The minimum absolute atomic E-state index is 0.292. The Kier molecular flexibility index (Phi) is 4.55. The Labute approximate surface area is 124 Å². The van der Waals surface area contributed by atoms with Crippen LogP contribution in [-0.4, -0.2) is 16.5 Å². The van der Waals surface area contributed by atoms with Crippen LogP contribution in [0.3, 0.4) is 0 Å². The van der Waals surface area contributed by atoms with Gasteiger partial charge in [-0.05, 0) is 45.0 Å². The van der Waals surface area contributed by atoms with Gasteiger partial charge in [-0.15, -0.1) is 0 Å². The van der Waals surface area contributed by atoms with Crippen LogP contribution in [0.25, 0.3) is 0 Å². The Balaban J connectivity index is 2.05. The molecule has 0 aliphatic carbocycles. The summed E-state index contributed by atoms with van der Waals surface area (Å²) in [5, 5.41) is 3.14. The van der Waals surface area contributed by atoms with Gasteiger partial charge in [-0.1, -0.05) is 24.3 Å². The monoisotopic (exact) mass is 285 g/mol. The van der Waals surface area contributed by atoms with E-state index in [1.165, 1.54) is 0 Å². The van der Waals surface area contributed by atoms with Crippen molar-refractivity contribution in [3.8, 4) is 0 Å². The molecule has 1 aromatic heterocycles. The van der Waals surface area contributed by atoms with Crippen LogP contribution in [0.2, 0.25) is 0 Å². The van der Waals surface area contributed by atoms with Gasteiger partial charge in [0.1, 0.15) is 11.5 Å². The zero-order valence-corrected chi connectivity index (χ0v) is 12.4. The summed E-state index contributed by atoms with van der Waals surface area (Å²) in [6.45, 7) is 5.57. The van der Waals surface area contributed by atoms with E-state index in [0.29, 0.717) is 11.5 Å². The molecule has 0 saturated carbocycles. The third-order valence-electron chi connectivity index (χ3n) is 2.48. The van der Waals surface area contributed by atoms with E-state index in [0.717, 1.165) is 5.69 Å². The van der Waals surface area contributed by atoms with Gasteiger partial charge in [0.15, 0.2) is 0 Å². The molecule has 0 atom stereocenters. The van der Waals surface area contributed by atoms with Crippen LogP contribution in [0.5, 0.6) is 0 Å². The maximum Gasteiger partial charge on any atom is 0.293 e. The largest absolute Gasteiger partial charge is 0.340 e. The van der Waals surface area contributed by atoms with Crippen LogP contribution in [0.4, 0.5) is 11.5 Å². The fourth-order valence-corrected chi connectivity index (χ4v) is 1.55. The van der Waals surface area contributed by atoms with Gasteiger partial charge in [0.05, 0.1) is 5.60 Å². The van der Waals surface area contributed by atoms with E-state index in [1.807, 2.05) is 51.1 Å². The lowest BCUT2D eigenvalue weighted by Crippen LogP contribution is -2.34. The van der Waals surface area contributed by atoms with Gasteiger partial charge in [0.25, 0.3) is 5.91 Å². The van der Waals surface area contributed by atoms with Crippen molar-refractivity contribution >= 4 is 17.4 Å². The molecular formula is C16H19N3O2. The first-order chi connectivity index (χ1) is 9.94. The number of rotatable bonds is 4. The Morgan fingerprint density at radius 1 is 1.05 bits per heavy atom. The van der Waals surface area contributed by atoms with Gasteiger partial charge >= 0.3 is 0 Å². The highest BCUT2D eigenvalue weighted by atomic mass is 16.7. The molecule has 0 saturated heterocycles. The molecule has 2 N–H and O–H groups in total. The Morgan fingerprint density at radius 3 is 2.43 bits per heavy atom. The van der Waals surface area contributed by atoms with E-state index >= 15 is 0 Å². The predicted octanol–water partition coefficient (Wildman–Crippen LogP) is 3.29. The number of anilines is 2. The molecule has 1 aromatic carbocycles. The van der Waals surface area contributed by atoms with Crippen molar-refractivity contribution in [1.29, 1.82) is 0 Å². The number of carbonyl (C=O) groups excluding carboxylic acids is 1. The average Bonchev–Trinajstić information content (AvgIpc) is 2.45. The molecule has 0 aliphatic heterocycles. The van der Waals surface area contributed by atoms with Crippen molar-refractivity contribution in [1.82, 2.24) is 10.5 Å². The van der Waals surface area contributed by atoms with Gasteiger partial charge in [-0.2, -0.15) is 0 Å². The van der Waals surface area contributed by atoms with Crippen LogP contribution < -0.4 is 10.8 Å². The number of para-hydroxylation sites is 1. The minimum atomic E-state index is -0.449. The van der Waals surface area contributed by atoms with Crippen molar-refractivity contribution in [3.63, 3.8) is 0 Å². The SMILES string of the molecule is CC(C)(C)ONC(=O)c1cccc(Nc2ccccc2)n1. The zero-order valence-electron chi connectivity index (χ0n) is 12.4. The molecule has 110 valence electrons. The van der Waals surface area contributed by atoms with Crippen LogP contribution in [0.1, 0.15) is 31.3 Å². The predicted molar refractivity (Wildman–Crippen MR) is 82.3 cm³/mol. The van der Waals surface area contributed by atoms with Crippen molar-refractivity contribution < 1.29 is 9.63 Å². The summed E-state index contributed by atoms with van der Waals surface area (Å²) in [5.74, 6) is 0.228. The van der Waals surface area contributed by atoms with E-state index in [2.05, 4.69) is 15.8 Å². The number of nitrogens with zero attached hydrogens (tertiary/aromatic N) is 1. The van der Waals surface area contributed by atoms with Gasteiger partial charge in [0, 0.05) is 5.69 Å². The first kappa shape index (κ1) is 15.0. The second kappa shape index (κ2) is 6.37. The minimum Gasteiger partial charge on any atom is -0.340 e. The molecule has 1 heterocycles. The highest BCUT2D eigenvalue weighted by molar-refractivity contribution is 5.91. The fourth-order valence-electron chi connectivity index (χ4n) is 1.55. The molecule has 0 radical (unpaired) electrons. The normalized spacial score (nSPS) is 11.0. The molecule has 0 aliphatic rings. The summed E-state index contributed by atoms with van der Waals surface area (Å²) in [4.78, 5) is 21.5. The number of aromatic nitrogens is 1. The van der Waals surface area contributed by atoms with Gasteiger partial charge < -0.3 is 5.32 Å². The van der Waals surface area contributed by atoms with E-state index in [1.54, 1.807) is 18.2 Å². The summed E-state index contributed by atoms with van der Waals surface area (Å²) in [6, 6.07) is 14.9. The average molecular weight is 285 g/mol. The smallest absolute Gasteiger partial charge is 0.293 e. The van der Waals surface area contributed by atoms with Crippen molar-refractivity contribution in [2.45, 2.75) is 26.4 Å². The summed E-state index contributed by atoms with van der Waals surface area (Å²) < 4.78 is 0. The second-order valence-electron chi connectivity index (χ2n) is 5.54. The topological polar surface area (TPSA) is 63.2 Å². The number of pyridine rings is 1. The lowest BCUT2D eigenvalue weighted by molar-refractivity contribution is -0.0591. The molecule has 0 spiro atoms. The molecule has 5 nitrogen and oxygen atoms in total. The van der Waals surface area contributed by atoms with Gasteiger partial charge in [0.2, 0.25) is 0 Å². The number of hydroxylamine groups is 1. The number of hydrogen-bond donors (Lipinski definition) is 2. The molecule has 2 rings (SSSR count). The second-order valence-corrected chi connectivity index (χ2v) is 5.54. The molecule has 21 heavy (non-hydrogen) atoms. The first-order valence-corrected chi connectivity index (χ1v) is 6.71. The van der Waals surface area contributed by atoms with Crippen LogP contribution >= 0.6 is 0 Å². The number of nitrogens with one attached hydrogen (secondary N) is 2. The quantitative estimate of drug-likeness (QED) is 0.846. The highest BCUT2D eigenvalue weighted by Crippen LogP contribution is 2.14. The fraction of sp³-hybridized carbons (Fsp3) is 0.250. The Bertz CT molecular complexity index is 606. The molecule has 5 heteroatoms. The van der Waals surface area contributed by atoms with E-state index in [4.69, 9.17) is 4.84 Å². The van der Waals surface area contributed by atoms with Crippen LogP contribution in [0, 0.1) is 0 Å². The number of benzene rings is 1. The van der Waals surface area contributed by atoms with Gasteiger partial charge in [-0.3, -0.25) is 9.63 Å². The standard InChI is InChI=1S/C16H19N3O2/c1-16(2,3)21-19-15(20)13-10-7-11-14(18-13)17-12-8-5-4-6-9-12/h4-11H,1-3H3,(H,17,18)(H,19,20). The lowest BCUT2D eigenvalue weighted by Gasteiger charge is -2.18. The molecular weight excluding hydrogens is 266 g/mol. The summed E-state index contributed by atoms with van der Waals surface area (Å²) >= 11 is 0. The first-order valence-electron chi connectivity index (χ1n) is 6.71. The third-order valence-corrected chi connectivity index (χ3v) is 2.48.